The summed E-state index contributed by atoms with van der Waals surface area (Å²) in [7, 11) is 0. The lowest BCUT2D eigenvalue weighted by atomic mass is 10.1. The Morgan fingerprint density at radius 1 is 1.10 bits per heavy atom. The number of halogens is 3. The van der Waals surface area contributed by atoms with Crippen molar-refractivity contribution in [2.75, 3.05) is 4.90 Å². The number of hydrogen-bond donors (Lipinski definition) is 1. The van der Waals surface area contributed by atoms with E-state index in [-0.39, 0.29) is 29.8 Å². The highest BCUT2D eigenvalue weighted by molar-refractivity contribution is 6.31. The van der Waals surface area contributed by atoms with Crippen molar-refractivity contribution >= 4 is 29.1 Å². The topological polar surface area (TPSA) is 62.3 Å². The van der Waals surface area contributed by atoms with Gasteiger partial charge in [0.05, 0.1) is 23.7 Å². The Morgan fingerprint density at radius 2 is 1.83 bits per heavy atom. The summed E-state index contributed by atoms with van der Waals surface area (Å²) < 4.78 is 26.5. The Hall–Kier alpha value is -3.32. The van der Waals surface area contributed by atoms with Crippen LogP contribution < -0.4 is 10.2 Å². The van der Waals surface area contributed by atoms with Crippen molar-refractivity contribution in [2.45, 2.75) is 19.0 Å². The summed E-state index contributed by atoms with van der Waals surface area (Å²) in [6.07, 6.45) is 1.51. The van der Waals surface area contributed by atoms with Crippen molar-refractivity contribution in [3.05, 3.63) is 94.3 Å². The second-order valence-electron chi connectivity index (χ2n) is 6.82. The fourth-order valence-electron chi connectivity index (χ4n) is 3.45. The summed E-state index contributed by atoms with van der Waals surface area (Å²) in [5.74, 6) is -1.52. The van der Waals surface area contributed by atoms with Crippen molar-refractivity contribution in [1.82, 2.24) is 10.3 Å². The average molecular weight is 428 g/mol. The van der Waals surface area contributed by atoms with Crippen LogP contribution in [0.1, 0.15) is 34.1 Å². The number of aromatic nitrogens is 1. The molecule has 2 amide bonds. The first-order valence-electron chi connectivity index (χ1n) is 9.18. The van der Waals surface area contributed by atoms with Gasteiger partial charge in [-0.15, -0.1) is 0 Å². The molecule has 0 spiro atoms. The summed E-state index contributed by atoms with van der Waals surface area (Å²) in [5, 5.41) is 2.96. The summed E-state index contributed by atoms with van der Waals surface area (Å²) >= 11 is 6.00. The molecular formula is C22H16ClF2N3O2. The van der Waals surface area contributed by atoms with E-state index in [1.54, 1.807) is 18.3 Å². The van der Waals surface area contributed by atoms with Crippen molar-refractivity contribution in [1.29, 1.82) is 0 Å². The molecule has 1 aliphatic heterocycles. The number of nitrogens with one attached hydrogen (secondary N) is 1. The third-order valence-electron chi connectivity index (χ3n) is 4.89. The highest BCUT2D eigenvalue weighted by Gasteiger charge is 2.39. The summed E-state index contributed by atoms with van der Waals surface area (Å²) in [4.78, 5) is 31.3. The van der Waals surface area contributed by atoms with E-state index in [1.807, 2.05) is 0 Å². The van der Waals surface area contributed by atoms with Gasteiger partial charge in [-0.1, -0.05) is 17.7 Å². The highest BCUT2D eigenvalue weighted by atomic mass is 35.5. The van der Waals surface area contributed by atoms with Crippen LogP contribution in [0.2, 0.25) is 5.02 Å². The van der Waals surface area contributed by atoms with E-state index in [0.29, 0.717) is 22.5 Å². The first-order chi connectivity index (χ1) is 14.4. The largest absolute Gasteiger partial charge is 0.352 e. The van der Waals surface area contributed by atoms with E-state index < -0.39 is 17.7 Å². The molecule has 0 saturated heterocycles. The summed E-state index contributed by atoms with van der Waals surface area (Å²) in [5.41, 5.74) is 1.93. The molecule has 1 N–H and O–H groups in total. The molecule has 152 valence electrons. The second kappa shape index (κ2) is 8.20. The van der Waals surface area contributed by atoms with Gasteiger partial charge in [-0.3, -0.25) is 19.5 Å². The zero-order valence-electron chi connectivity index (χ0n) is 15.6. The minimum atomic E-state index is -0.636. The van der Waals surface area contributed by atoms with E-state index in [1.165, 1.54) is 47.4 Å². The Bertz CT molecular complexity index is 1120. The number of hydrogen-bond acceptors (Lipinski definition) is 3. The van der Waals surface area contributed by atoms with Gasteiger partial charge in [0.15, 0.2) is 0 Å². The van der Waals surface area contributed by atoms with Crippen LogP contribution in [0, 0.1) is 11.6 Å². The van der Waals surface area contributed by atoms with Crippen molar-refractivity contribution in [3.8, 4) is 0 Å². The lowest BCUT2D eigenvalue weighted by molar-refractivity contribution is -0.121. The number of carbonyl (C=O) groups excluding carboxylic acids is 2. The zero-order chi connectivity index (χ0) is 21.3. The standard InChI is InChI=1S/C22H16ClF2N3O2/c23-18-10-15(25)4-3-13(18)12-27-20(29)11-19-21-17(2-1-9-26-21)22(30)28(19)16-7-5-14(24)6-8-16/h1-10,19H,11-12H2,(H,27,29). The van der Waals surface area contributed by atoms with Crippen molar-refractivity contribution < 1.29 is 18.4 Å². The van der Waals surface area contributed by atoms with E-state index in [2.05, 4.69) is 10.3 Å². The monoisotopic (exact) mass is 427 g/mol. The molecule has 0 radical (unpaired) electrons. The van der Waals surface area contributed by atoms with Gasteiger partial charge in [-0.05, 0) is 54.1 Å². The molecule has 4 rings (SSSR count). The molecule has 0 saturated carbocycles. The van der Waals surface area contributed by atoms with E-state index in [9.17, 15) is 18.4 Å². The van der Waals surface area contributed by atoms with Gasteiger partial charge in [-0.2, -0.15) is 0 Å². The number of benzene rings is 2. The van der Waals surface area contributed by atoms with Crippen LogP contribution in [-0.4, -0.2) is 16.8 Å². The molecule has 0 fully saturated rings. The Balaban J connectivity index is 1.55. The third kappa shape index (κ3) is 3.89. The molecule has 2 heterocycles. The molecule has 5 nitrogen and oxygen atoms in total. The predicted octanol–water partition coefficient (Wildman–Crippen LogP) is 4.42. The first kappa shape index (κ1) is 20.0. The smallest absolute Gasteiger partial charge is 0.260 e. The fourth-order valence-corrected chi connectivity index (χ4v) is 3.69. The molecule has 1 aromatic heterocycles. The molecule has 8 heteroatoms. The maximum Gasteiger partial charge on any atom is 0.260 e. The molecule has 2 aromatic carbocycles. The number of amides is 2. The van der Waals surface area contributed by atoms with Crippen LogP contribution in [0.15, 0.2) is 60.8 Å². The van der Waals surface area contributed by atoms with Gasteiger partial charge in [0, 0.05) is 23.5 Å². The second-order valence-corrected chi connectivity index (χ2v) is 7.23. The van der Waals surface area contributed by atoms with Crippen LogP contribution in [0.4, 0.5) is 14.5 Å². The lowest BCUT2D eigenvalue weighted by Crippen LogP contribution is -2.33. The summed E-state index contributed by atoms with van der Waals surface area (Å²) in [6, 6.07) is 12.1. The SMILES string of the molecule is O=C(CC1c2ncccc2C(=O)N1c1ccc(F)cc1)NCc1ccc(F)cc1Cl. The van der Waals surface area contributed by atoms with Crippen molar-refractivity contribution in [2.24, 2.45) is 0 Å². The van der Waals surface area contributed by atoms with Gasteiger partial charge < -0.3 is 5.32 Å². The van der Waals surface area contributed by atoms with Crippen LogP contribution in [0.3, 0.4) is 0 Å². The maximum absolute atomic E-state index is 13.3. The van der Waals surface area contributed by atoms with Gasteiger partial charge >= 0.3 is 0 Å². The Kier molecular flexibility index (Phi) is 5.46. The first-order valence-corrected chi connectivity index (χ1v) is 9.56. The number of nitrogens with zero attached hydrogens (tertiary/aromatic N) is 2. The normalized spacial score (nSPS) is 15.2. The van der Waals surface area contributed by atoms with Crippen molar-refractivity contribution in [3.63, 3.8) is 0 Å². The average Bonchev–Trinajstić information content (AvgIpc) is 3.00. The minimum Gasteiger partial charge on any atom is -0.352 e. The molecule has 1 unspecified atom stereocenters. The Morgan fingerprint density at radius 3 is 2.57 bits per heavy atom. The van der Waals surface area contributed by atoms with Gasteiger partial charge in [0.1, 0.15) is 11.6 Å². The third-order valence-corrected chi connectivity index (χ3v) is 5.24. The molecule has 0 aliphatic carbocycles. The van der Waals surface area contributed by atoms with Gasteiger partial charge in [0.25, 0.3) is 5.91 Å². The minimum absolute atomic E-state index is 0.0497. The van der Waals surface area contributed by atoms with Gasteiger partial charge in [-0.25, -0.2) is 8.78 Å². The number of fused-ring (bicyclic) bond motifs is 1. The quantitative estimate of drug-likeness (QED) is 0.655. The molecule has 30 heavy (non-hydrogen) atoms. The zero-order valence-corrected chi connectivity index (χ0v) is 16.4. The number of anilines is 1. The maximum atomic E-state index is 13.3. The Labute approximate surface area is 176 Å². The molecular weight excluding hydrogens is 412 g/mol. The number of rotatable bonds is 5. The molecule has 1 aliphatic rings. The van der Waals surface area contributed by atoms with E-state index in [4.69, 9.17) is 11.6 Å². The number of pyridine rings is 1. The summed E-state index contributed by atoms with van der Waals surface area (Å²) in [6.45, 7) is 0.115. The molecule has 1 atom stereocenters. The van der Waals surface area contributed by atoms with Crippen LogP contribution in [0.5, 0.6) is 0 Å². The number of carbonyl (C=O) groups is 2. The highest BCUT2D eigenvalue weighted by Crippen LogP contribution is 2.38. The van der Waals surface area contributed by atoms with Crippen LogP contribution in [-0.2, 0) is 11.3 Å². The molecule has 3 aromatic rings. The van der Waals surface area contributed by atoms with Gasteiger partial charge in [0.2, 0.25) is 5.91 Å². The van der Waals surface area contributed by atoms with Crippen LogP contribution in [0.25, 0.3) is 0 Å². The fraction of sp³-hybridized carbons (Fsp3) is 0.136. The molecule has 0 bridgehead atoms. The lowest BCUT2D eigenvalue weighted by Gasteiger charge is -2.24. The van der Waals surface area contributed by atoms with E-state index in [0.717, 1.165) is 0 Å². The predicted molar refractivity (Wildman–Crippen MR) is 108 cm³/mol. The van der Waals surface area contributed by atoms with E-state index >= 15 is 0 Å². The van der Waals surface area contributed by atoms with Crippen LogP contribution >= 0.6 is 11.6 Å².